The zero-order valence-electron chi connectivity index (χ0n) is 15.3. The molecule has 0 aliphatic carbocycles. The maximum absolute atomic E-state index is 13.2. The predicted octanol–water partition coefficient (Wildman–Crippen LogP) is 4.64. The van der Waals surface area contributed by atoms with Gasteiger partial charge in [0.2, 0.25) is 0 Å². The molecule has 0 saturated carbocycles. The van der Waals surface area contributed by atoms with Crippen LogP contribution < -0.4 is 4.90 Å². The molecule has 0 spiro atoms. The second-order valence-corrected chi connectivity index (χ2v) is 6.47. The first-order chi connectivity index (χ1) is 12.5. The van der Waals surface area contributed by atoms with Crippen LogP contribution in [0.4, 0.5) is 5.69 Å². The Morgan fingerprint density at radius 2 is 1.62 bits per heavy atom. The van der Waals surface area contributed by atoms with E-state index in [1.165, 1.54) is 0 Å². The van der Waals surface area contributed by atoms with Gasteiger partial charge in [0.25, 0.3) is 5.91 Å². The summed E-state index contributed by atoms with van der Waals surface area (Å²) in [5, 5.41) is 0. The van der Waals surface area contributed by atoms with Crippen molar-refractivity contribution in [1.29, 1.82) is 0 Å². The fourth-order valence-corrected chi connectivity index (χ4v) is 3.44. The summed E-state index contributed by atoms with van der Waals surface area (Å²) in [7, 11) is 0. The molecule has 134 valence electrons. The molecular weight excluding hydrogens is 326 g/mol. The maximum Gasteiger partial charge on any atom is 0.310 e. The van der Waals surface area contributed by atoms with Crippen molar-refractivity contribution in [2.75, 3.05) is 4.90 Å². The summed E-state index contributed by atoms with van der Waals surface area (Å²) in [6.45, 7) is 5.48. The summed E-state index contributed by atoms with van der Waals surface area (Å²) >= 11 is 0. The van der Waals surface area contributed by atoms with Gasteiger partial charge >= 0.3 is 5.97 Å². The molecule has 3 rings (SSSR count). The van der Waals surface area contributed by atoms with E-state index in [2.05, 4.69) is 0 Å². The van der Waals surface area contributed by atoms with Gasteiger partial charge < -0.3 is 9.64 Å². The molecule has 1 aliphatic rings. The smallest absolute Gasteiger partial charge is 0.310 e. The molecule has 0 saturated heterocycles. The number of rotatable bonds is 4. The molecule has 0 aromatic heterocycles. The molecule has 4 heteroatoms. The SMILES string of the molecule is CCC(=O)OC1=C(C)C(=O)N(c2ccccc2)[C@H](c2ccccc2)[C@H]1C. The van der Waals surface area contributed by atoms with Crippen LogP contribution in [-0.4, -0.2) is 11.9 Å². The van der Waals surface area contributed by atoms with E-state index in [0.29, 0.717) is 11.3 Å². The van der Waals surface area contributed by atoms with Crippen LogP contribution in [0, 0.1) is 5.92 Å². The van der Waals surface area contributed by atoms with Crippen molar-refractivity contribution >= 4 is 17.6 Å². The van der Waals surface area contributed by atoms with E-state index < -0.39 is 0 Å². The van der Waals surface area contributed by atoms with Crippen molar-refractivity contribution in [2.45, 2.75) is 33.2 Å². The van der Waals surface area contributed by atoms with Crippen LogP contribution in [0.1, 0.15) is 38.8 Å². The third-order valence-corrected chi connectivity index (χ3v) is 4.76. The lowest BCUT2D eigenvalue weighted by Gasteiger charge is -2.41. The number of hydrogen-bond donors (Lipinski definition) is 0. The van der Waals surface area contributed by atoms with Crippen LogP contribution in [0.3, 0.4) is 0 Å². The van der Waals surface area contributed by atoms with Crippen LogP contribution in [0.5, 0.6) is 0 Å². The molecule has 0 N–H and O–H groups in total. The van der Waals surface area contributed by atoms with Crippen LogP contribution in [0.25, 0.3) is 0 Å². The molecule has 0 radical (unpaired) electrons. The van der Waals surface area contributed by atoms with Gasteiger partial charge in [-0.2, -0.15) is 0 Å². The van der Waals surface area contributed by atoms with Crippen LogP contribution >= 0.6 is 0 Å². The Hall–Kier alpha value is -2.88. The fraction of sp³-hybridized carbons (Fsp3) is 0.273. The molecule has 2 aromatic rings. The van der Waals surface area contributed by atoms with Crippen molar-refractivity contribution in [2.24, 2.45) is 5.92 Å². The van der Waals surface area contributed by atoms with Crippen molar-refractivity contribution < 1.29 is 14.3 Å². The number of carbonyl (C=O) groups excluding carboxylic acids is 2. The summed E-state index contributed by atoms with van der Waals surface area (Å²) < 4.78 is 5.56. The normalized spacial score (nSPS) is 20.3. The van der Waals surface area contributed by atoms with Gasteiger partial charge in [0.15, 0.2) is 0 Å². The molecule has 1 aliphatic heterocycles. The lowest BCUT2D eigenvalue weighted by Crippen LogP contribution is -2.44. The summed E-state index contributed by atoms with van der Waals surface area (Å²) in [6, 6.07) is 19.2. The first-order valence-electron chi connectivity index (χ1n) is 8.89. The standard InChI is InChI=1S/C22H23NO3/c1-4-19(24)26-21-15(2)20(17-11-7-5-8-12-17)23(22(25)16(21)3)18-13-9-6-10-14-18/h5-15,20H,4H2,1-3H3/t15-,20+/m1/s1. The van der Waals surface area contributed by atoms with E-state index in [1.807, 2.05) is 67.6 Å². The Kier molecular flexibility index (Phi) is 5.21. The molecule has 0 bridgehead atoms. The molecule has 4 nitrogen and oxygen atoms in total. The second kappa shape index (κ2) is 7.56. The van der Waals surface area contributed by atoms with Gasteiger partial charge in [-0.15, -0.1) is 0 Å². The van der Waals surface area contributed by atoms with Crippen LogP contribution in [0.15, 0.2) is 72.0 Å². The lowest BCUT2D eigenvalue weighted by atomic mass is 9.85. The Labute approximate surface area is 154 Å². The van der Waals surface area contributed by atoms with Crippen LogP contribution in [-0.2, 0) is 14.3 Å². The van der Waals surface area contributed by atoms with Gasteiger partial charge in [0, 0.05) is 18.0 Å². The Balaban J connectivity index is 2.13. The number of para-hydroxylation sites is 1. The van der Waals surface area contributed by atoms with Gasteiger partial charge in [-0.3, -0.25) is 9.59 Å². The van der Waals surface area contributed by atoms with E-state index in [4.69, 9.17) is 4.74 Å². The number of benzene rings is 2. The van der Waals surface area contributed by atoms with Gasteiger partial charge in [-0.05, 0) is 24.6 Å². The minimum Gasteiger partial charge on any atom is -0.430 e. The molecule has 2 atom stereocenters. The van der Waals surface area contributed by atoms with E-state index in [9.17, 15) is 9.59 Å². The molecular formula is C22H23NO3. The highest BCUT2D eigenvalue weighted by atomic mass is 16.5. The van der Waals surface area contributed by atoms with Crippen molar-refractivity contribution in [3.63, 3.8) is 0 Å². The Morgan fingerprint density at radius 3 is 2.19 bits per heavy atom. The van der Waals surface area contributed by atoms with Crippen molar-refractivity contribution in [3.05, 3.63) is 77.6 Å². The molecule has 1 heterocycles. The highest BCUT2D eigenvalue weighted by Crippen LogP contribution is 2.42. The first-order valence-corrected chi connectivity index (χ1v) is 8.89. The van der Waals surface area contributed by atoms with E-state index in [1.54, 1.807) is 18.7 Å². The summed E-state index contributed by atoms with van der Waals surface area (Å²) in [5.74, 6) is -0.130. The van der Waals surface area contributed by atoms with Crippen molar-refractivity contribution in [3.8, 4) is 0 Å². The predicted molar refractivity (Wildman–Crippen MR) is 101 cm³/mol. The van der Waals surface area contributed by atoms with E-state index in [0.717, 1.165) is 11.3 Å². The van der Waals surface area contributed by atoms with Gasteiger partial charge in [-0.1, -0.05) is 62.4 Å². The molecule has 0 fully saturated rings. The Morgan fingerprint density at radius 1 is 1.04 bits per heavy atom. The largest absolute Gasteiger partial charge is 0.430 e. The Bertz CT molecular complexity index is 827. The maximum atomic E-state index is 13.2. The average Bonchev–Trinajstić information content (AvgIpc) is 2.69. The third kappa shape index (κ3) is 3.27. The number of ether oxygens (including phenoxy) is 1. The minimum absolute atomic E-state index is 0.137. The molecule has 2 aromatic carbocycles. The first kappa shape index (κ1) is 17.9. The van der Waals surface area contributed by atoms with Crippen LogP contribution in [0.2, 0.25) is 0 Å². The zero-order chi connectivity index (χ0) is 18.7. The number of amides is 1. The zero-order valence-corrected chi connectivity index (χ0v) is 15.3. The second-order valence-electron chi connectivity index (χ2n) is 6.47. The number of esters is 1. The summed E-state index contributed by atoms with van der Waals surface area (Å²) in [5.41, 5.74) is 2.32. The topological polar surface area (TPSA) is 46.6 Å². The van der Waals surface area contributed by atoms with E-state index in [-0.39, 0.29) is 30.3 Å². The highest BCUT2D eigenvalue weighted by molar-refractivity contribution is 6.07. The third-order valence-electron chi connectivity index (χ3n) is 4.76. The average molecular weight is 349 g/mol. The molecule has 26 heavy (non-hydrogen) atoms. The highest BCUT2D eigenvalue weighted by Gasteiger charge is 2.41. The lowest BCUT2D eigenvalue weighted by molar-refractivity contribution is -0.140. The van der Waals surface area contributed by atoms with Gasteiger partial charge in [0.05, 0.1) is 11.6 Å². The molecule has 0 unspecified atom stereocenters. The summed E-state index contributed by atoms with van der Waals surface area (Å²) in [4.78, 5) is 26.9. The van der Waals surface area contributed by atoms with Gasteiger partial charge in [-0.25, -0.2) is 0 Å². The van der Waals surface area contributed by atoms with Crippen molar-refractivity contribution in [1.82, 2.24) is 0 Å². The fourth-order valence-electron chi connectivity index (χ4n) is 3.44. The monoisotopic (exact) mass is 349 g/mol. The number of carbonyl (C=O) groups is 2. The quantitative estimate of drug-likeness (QED) is 0.756. The molecule has 1 amide bonds. The van der Waals surface area contributed by atoms with Gasteiger partial charge in [0.1, 0.15) is 5.76 Å². The number of hydrogen-bond acceptors (Lipinski definition) is 3. The summed E-state index contributed by atoms with van der Waals surface area (Å²) in [6.07, 6.45) is 0.274. The minimum atomic E-state index is -0.320. The van der Waals surface area contributed by atoms with E-state index >= 15 is 0 Å². The number of nitrogens with zero attached hydrogens (tertiary/aromatic N) is 1. The number of anilines is 1.